The van der Waals surface area contributed by atoms with Gasteiger partial charge in [-0.25, -0.2) is 22.9 Å². The summed E-state index contributed by atoms with van der Waals surface area (Å²) in [6.45, 7) is 2.45. The smallest absolute Gasteiger partial charge is 0.475 e. The van der Waals surface area contributed by atoms with Gasteiger partial charge in [0.2, 0.25) is 0 Å². The van der Waals surface area contributed by atoms with Crippen LogP contribution in [0.5, 0.6) is 0 Å². The molecule has 0 fully saturated rings. The van der Waals surface area contributed by atoms with Gasteiger partial charge in [0, 0.05) is 31.0 Å². The number of hydrogen-bond acceptors (Lipinski definition) is 3. The summed E-state index contributed by atoms with van der Waals surface area (Å²) in [5.41, 5.74) is 9.29. The number of aromatic nitrogens is 2. The number of carboxylic acid groups (broad SMARTS) is 1. The predicted octanol–water partition coefficient (Wildman–Crippen LogP) is 4.06. The van der Waals surface area contributed by atoms with Crippen LogP contribution in [0.25, 0.3) is 11.0 Å². The molecule has 2 heterocycles. The van der Waals surface area contributed by atoms with Crippen LogP contribution in [0.3, 0.4) is 0 Å². The van der Waals surface area contributed by atoms with Gasteiger partial charge >= 0.3 is 12.1 Å². The monoisotopic (exact) mass is 445 g/mol. The number of nitrogens with two attached hydrogens (primary N) is 1. The second kappa shape index (κ2) is 8.22. The van der Waals surface area contributed by atoms with Crippen LogP contribution in [-0.2, 0) is 17.8 Å². The zero-order valence-corrected chi connectivity index (χ0v) is 16.1. The third-order valence-electron chi connectivity index (χ3n) is 4.98. The fourth-order valence-electron chi connectivity index (χ4n) is 3.50. The Hall–Kier alpha value is -3.08. The average Bonchev–Trinajstić information content (AvgIpc) is 3.00. The Morgan fingerprint density at radius 3 is 2.35 bits per heavy atom. The average molecular weight is 445 g/mol. The quantitative estimate of drug-likeness (QED) is 0.437. The molecule has 3 N–H and O–H groups in total. The summed E-state index contributed by atoms with van der Waals surface area (Å²) in [6, 6.07) is 7.07. The summed E-state index contributed by atoms with van der Waals surface area (Å²) in [7, 11) is 0. The third-order valence-corrected chi connectivity index (χ3v) is 4.98. The Morgan fingerprint density at radius 1 is 1.13 bits per heavy atom. The molecule has 1 aliphatic rings. The molecular weight excluding hydrogens is 428 g/mol. The minimum absolute atomic E-state index is 0.107. The standard InChI is InChI=1S/C18H16F3N3.C2HF3O2/c1-9-2-3-17-16(4-9)23-18-6-11(15(22)8-24(17)18)10-5-13(20)14(21)7-12(10)19;3-2(4,5)1(6)7/h2-5,7,11,15H,6,8,22H2,1H3;(H,6,7)/t11-,15+;/m1./s1. The Labute approximate surface area is 172 Å². The van der Waals surface area contributed by atoms with Crippen molar-refractivity contribution in [2.45, 2.75) is 38.0 Å². The van der Waals surface area contributed by atoms with Crippen molar-refractivity contribution in [2.24, 2.45) is 5.73 Å². The van der Waals surface area contributed by atoms with Gasteiger partial charge in [-0.15, -0.1) is 0 Å². The molecule has 0 radical (unpaired) electrons. The molecule has 0 spiro atoms. The van der Waals surface area contributed by atoms with Gasteiger partial charge in [-0.2, -0.15) is 13.2 Å². The number of carbonyl (C=O) groups is 1. The number of rotatable bonds is 1. The Balaban J connectivity index is 0.000000339. The minimum Gasteiger partial charge on any atom is -0.475 e. The number of imidazole rings is 1. The number of aryl methyl sites for hydroxylation is 1. The molecule has 4 rings (SSSR count). The molecule has 31 heavy (non-hydrogen) atoms. The SMILES string of the molecule is Cc1ccc2c(c1)nc1n2C[C@H](N)[C@@H](c2cc(F)c(F)cc2F)C1.O=C(O)C(F)(F)F. The molecule has 3 aromatic rings. The normalized spacial score (nSPS) is 18.3. The van der Waals surface area contributed by atoms with Crippen molar-refractivity contribution in [2.75, 3.05) is 0 Å². The van der Waals surface area contributed by atoms with Crippen LogP contribution in [0.4, 0.5) is 26.3 Å². The maximum atomic E-state index is 14.1. The zero-order valence-electron chi connectivity index (χ0n) is 16.1. The number of hydrogen-bond donors (Lipinski definition) is 2. The van der Waals surface area contributed by atoms with Crippen molar-refractivity contribution >= 4 is 17.0 Å². The molecule has 5 nitrogen and oxygen atoms in total. The van der Waals surface area contributed by atoms with Gasteiger partial charge in [0.25, 0.3) is 0 Å². The first-order valence-electron chi connectivity index (χ1n) is 9.04. The highest BCUT2D eigenvalue weighted by atomic mass is 19.4. The van der Waals surface area contributed by atoms with Crippen LogP contribution in [0.15, 0.2) is 30.3 Å². The van der Waals surface area contributed by atoms with E-state index in [2.05, 4.69) is 4.98 Å². The zero-order chi connectivity index (χ0) is 23.1. The highest BCUT2D eigenvalue weighted by Gasteiger charge is 2.38. The number of alkyl halides is 3. The van der Waals surface area contributed by atoms with Gasteiger partial charge in [0.15, 0.2) is 11.6 Å². The topological polar surface area (TPSA) is 81.1 Å². The Morgan fingerprint density at radius 2 is 1.74 bits per heavy atom. The summed E-state index contributed by atoms with van der Waals surface area (Å²) in [5.74, 6) is -5.43. The molecule has 1 aromatic heterocycles. The van der Waals surface area contributed by atoms with Crippen molar-refractivity contribution < 1.29 is 36.2 Å². The lowest BCUT2D eigenvalue weighted by atomic mass is 9.86. The first-order valence-corrected chi connectivity index (χ1v) is 9.04. The second-order valence-corrected chi connectivity index (χ2v) is 7.20. The van der Waals surface area contributed by atoms with Crippen molar-refractivity contribution in [3.8, 4) is 0 Å². The largest absolute Gasteiger partial charge is 0.490 e. The molecule has 0 saturated carbocycles. The second-order valence-electron chi connectivity index (χ2n) is 7.20. The fourth-order valence-corrected chi connectivity index (χ4v) is 3.50. The highest BCUT2D eigenvalue weighted by Crippen LogP contribution is 2.33. The lowest BCUT2D eigenvalue weighted by Crippen LogP contribution is -2.39. The van der Waals surface area contributed by atoms with Crippen molar-refractivity contribution in [3.63, 3.8) is 0 Å². The minimum atomic E-state index is -5.08. The van der Waals surface area contributed by atoms with Crippen LogP contribution in [-0.4, -0.2) is 32.8 Å². The van der Waals surface area contributed by atoms with E-state index in [1.165, 1.54) is 0 Å². The maximum Gasteiger partial charge on any atom is 0.490 e. The molecule has 2 aromatic carbocycles. The molecule has 0 unspecified atom stereocenters. The number of nitrogens with zero attached hydrogens (tertiary/aromatic N) is 2. The van der Waals surface area contributed by atoms with E-state index >= 15 is 0 Å². The molecule has 166 valence electrons. The van der Waals surface area contributed by atoms with Crippen molar-refractivity contribution in [1.29, 1.82) is 0 Å². The van der Waals surface area contributed by atoms with Gasteiger partial charge < -0.3 is 15.4 Å². The van der Waals surface area contributed by atoms with E-state index in [1.807, 2.05) is 29.7 Å². The van der Waals surface area contributed by atoms with Crippen molar-refractivity contribution in [1.82, 2.24) is 9.55 Å². The van der Waals surface area contributed by atoms with Gasteiger partial charge in [-0.05, 0) is 36.2 Å². The third kappa shape index (κ3) is 4.66. The number of fused-ring (bicyclic) bond motifs is 3. The van der Waals surface area contributed by atoms with E-state index in [4.69, 9.17) is 15.6 Å². The Bertz CT molecular complexity index is 1140. The maximum absolute atomic E-state index is 14.1. The molecule has 0 aliphatic carbocycles. The highest BCUT2D eigenvalue weighted by molar-refractivity contribution is 5.77. The fraction of sp³-hybridized carbons (Fsp3) is 0.300. The van der Waals surface area contributed by atoms with Crippen LogP contribution < -0.4 is 5.73 Å². The van der Waals surface area contributed by atoms with Gasteiger partial charge in [0.05, 0.1) is 11.0 Å². The van der Waals surface area contributed by atoms with E-state index in [1.54, 1.807) is 0 Å². The van der Waals surface area contributed by atoms with Gasteiger partial charge in [-0.3, -0.25) is 0 Å². The van der Waals surface area contributed by atoms with E-state index in [9.17, 15) is 26.3 Å². The molecule has 0 amide bonds. The number of carboxylic acids is 1. The van der Waals surface area contributed by atoms with Gasteiger partial charge in [0.1, 0.15) is 11.6 Å². The van der Waals surface area contributed by atoms with E-state index in [0.717, 1.165) is 28.5 Å². The first kappa shape index (κ1) is 22.6. The molecule has 11 heteroatoms. The molecule has 2 atom stereocenters. The van der Waals surface area contributed by atoms with Crippen LogP contribution in [0.1, 0.15) is 22.9 Å². The predicted molar refractivity (Wildman–Crippen MR) is 98.9 cm³/mol. The first-order chi connectivity index (χ1) is 14.4. The Kier molecular flexibility index (Phi) is 5.99. The number of aliphatic carboxylic acids is 1. The van der Waals surface area contributed by atoms with Gasteiger partial charge in [-0.1, -0.05) is 6.07 Å². The molecule has 0 bridgehead atoms. The summed E-state index contributed by atoms with van der Waals surface area (Å²) >= 11 is 0. The summed E-state index contributed by atoms with van der Waals surface area (Å²) in [4.78, 5) is 13.5. The number of benzene rings is 2. The molecular formula is C20H17F6N3O2. The van der Waals surface area contributed by atoms with Crippen LogP contribution in [0.2, 0.25) is 0 Å². The van der Waals surface area contributed by atoms with E-state index < -0.39 is 41.6 Å². The van der Waals surface area contributed by atoms with E-state index in [-0.39, 0.29) is 5.56 Å². The van der Waals surface area contributed by atoms with Crippen LogP contribution in [0, 0.1) is 24.4 Å². The number of halogens is 6. The molecule has 1 aliphatic heterocycles. The lowest BCUT2D eigenvalue weighted by Gasteiger charge is -2.30. The molecule has 0 saturated heterocycles. The lowest BCUT2D eigenvalue weighted by molar-refractivity contribution is -0.192. The summed E-state index contributed by atoms with van der Waals surface area (Å²) in [6.07, 6.45) is -4.70. The summed E-state index contributed by atoms with van der Waals surface area (Å²) in [5, 5.41) is 7.12. The van der Waals surface area contributed by atoms with E-state index in [0.29, 0.717) is 19.0 Å². The van der Waals surface area contributed by atoms with Crippen LogP contribution >= 0.6 is 0 Å². The van der Waals surface area contributed by atoms with Crippen molar-refractivity contribution in [3.05, 3.63) is 64.7 Å². The summed E-state index contributed by atoms with van der Waals surface area (Å²) < 4.78 is 74.6.